The number of hydrogen-bond acceptors (Lipinski definition) is 5. The van der Waals surface area contributed by atoms with Crippen molar-refractivity contribution >= 4 is 34.3 Å². The van der Waals surface area contributed by atoms with Crippen LogP contribution in [0, 0.1) is 0 Å². The van der Waals surface area contributed by atoms with Crippen molar-refractivity contribution in [3.8, 4) is 0 Å². The Balaban J connectivity index is 1.87. The standard InChI is InChI=1S/C18H21N3O4S/c1-2-6-13(17(24)25)19-16(23)14-11-26-18(20-14)21-15(22)10-9-12-7-4-3-5-8-12/h3-5,7-8,11,13H,2,6,9-10H2,1H3,(H,19,23)(H,24,25)(H,20,21,22). The number of aliphatic carboxylic acids is 1. The van der Waals surface area contributed by atoms with Gasteiger partial charge in [0.2, 0.25) is 5.91 Å². The van der Waals surface area contributed by atoms with Gasteiger partial charge in [-0.25, -0.2) is 9.78 Å². The van der Waals surface area contributed by atoms with Gasteiger partial charge in [0.1, 0.15) is 11.7 Å². The van der Waals surface area contributed by atoms with Gasteiger partial charge in [-0.2, -0.15) is 0 Å². The number of aryl methyl sites for hydroxylation is 1. The summed E-state index contributed by atoms with van der Waals surface area (Å²) >= 11 is 1.13. The van der Waals surface area contributed by atoms with Crippen LogP contribution in [-0.2, 0) is 16.0 Å². The van der Waals surface area contributed by atoms with Crippen molar-refractivity contribution in [1.29, 1.82) is 0 Å². The molecule has 2 rings (SSSR count). The van der Waals surface area contributed by atoms with Crippen LogP contribution >= 0.6 is 11.3 Å². The summed E-state index contributed by atoms with van der Waals surface area (Å²) in [5, 5.41) is 16.0. The second-order valence-corrected chi connectivity index (χ2v) is 6.58. The molecule has 0 spiro atoms. The minimum absolute atomic E-state index is 0.0933. The number of rotatable bonds is 9. The molecule has 1 heterocycles. The van der Waals surface area contributed by atoms with E-state index >= 15 is 0 Å². The maximum absolute atomic E-state index is 12.1. The van der Waals surface area contributed by atoms with Gasteiger partial charge in [0.15, 0.2) is 5.13 Å². The number of amides is 2. The van der Waals surface area contributed by atoms with Crippen LogP contribution < -0.4 is 10.6 Å². The van der Waals surface area contributed by atoms with Crippen molar-refractivity contribution in [2.45, 2.75) is 38.6 Å². The number of carbonyl (C=O) groups excluding carboxylic acids is 2. The summed E-state index contributed by atoms with van der Waals surface area (Å²) in [6.45, 7) is 1.84. The fraction of sp³-hybridized carbons (Fsp3) is 0.333. The Morgan fingerprint density at radius 2 is 1.96 bits per heavy atom. The molecule has 0 aliphatic rings. The molecule has 2 aromatic rings. The first-order valence-electron chi connectivity index (χ1n) is 8.32. The van der Waals surface area contributed by atoms with Crippen molar-refractivity contribution in [2.75, 3.05) is 5.32 Å². The van der Waals surface area contributed by atoms with Crippen LogP contribution in [0.2, 0.25) is 0 Å². The highest BCUT2D eigenvalue weighted by molar-refractivity contribution is 7.14. The quantitative estimate of drug-likeness (QED) is 0.624. The third-order valence-electron chi connectivity index (χ3n) is 3.65. The fourth-order valence-corrected chi connectivity index (χ4v) is 3.00. The average molecular weight is 375 g/mol. The normalized spacial score (nSPS) is 11.6. The van der Waals surface area contributed by atoms with Gasteiger partial charge in [-0.1, -0.05) is 43.7 Å². The Kier molecular flexibility index (Phi) is 7.28. The third-order valence-corrected chi connectivity index (χ3v) is 4.41. The van der Waals surface area contributed by atoms with Gasteiger partial charge in [0.05, 0.1) is 0 Å². The highest BCUT2D eigenvalue weighted by Gasteiger charge is 2.21. The fourth-order valence-electron chi connectivity index (χ4n) is 2.30. The van der Waals surface area contributed by atoms with Crippen LogP contribution in [0.5, 0.6) is 0 Å². The molecule has 0 saturated heterocycles. The van der Waals surface area contributed by atoms with Crippen LogP contribution in [0.4, 0.5) is 5.13 Å². The van der Waals surface area contributed by atoms with E-state index in [1.165, 1.54) is 5.38 Å². The molecule has 0 saturated carbocycles. The molecule has 7 nitrogen and oxygen atoms in total. The number of benzene rings is 1. The van der Waals surface area contributed by atoms with Crippen LogP contribution in [-0.4, -0.2) is 33.9 Å². The van der Waals surface area contributed by atoms with E-state index in [1.807, 2.05) is 37.3 Å². The van der Waals surface area contributed by atoms with E-state index in [4.69, 9.17) is 5.11 Å². The van der Waals surface area contributed by atoms with Crippen LogP contribution in [0.1, 0.15) is 42.2 Å². The SMILES string of the molecule is CCCC(NC(=O)c1csc(NC(=O)CCc2ccccc2)n1)C(=O)O. The van der Waals surface area contributed by atoms with E-state index in [9.17, 15) is 14.4 Å². The number of carboxylic acid groups (broad SMARTS) is 1. The highest BCUT2D eigenvalue weighted by Crippen LogP contribution is 2.16. The lowest BCUT2D eigenvalue weighted by molar-refractivity contribution is -0.139. The molecule has 8 heteroatoms. The lowest BCUT2D eigenvalue weighted by Gasteiger charge is -2.12. The Labute approximate surface area is 155 Å². The molecular formula is C18H21N3O4S. The molecule has 26 heavy (non-hydrogen) atoms. The van der Waals surface area contributed by atoms with Gasteiger partial charge in [0, 0.05) is 11.8 Å². The van der Waals surface area contributed by atoms with Gasteiger partial charge < -0.3 is 15.7 Å². The summed E-state index contributed by atoms with van der Waals surface area (Å²) in [7, 11) is 0. The molecule has 1 aromatic carbocycles. The maximum Gasteiger partial charge on any atom is 0.326 e. The highest BCUT2D eigenvalue weighted by atomic mass is 32.1. The molecule has 0 radical (unpaired) electrons. The molecule has 2 amide bonds. The van der Waals surface area contributed by atoms with Crippen molar-refractivity contribution in [2.24, 2.45) is 0 Å². The third kappa shape index (κ3) is 5.96. The van der Waals surface area contributed by atoms with E-state index < -0.39 is 17.9 Å². The number of hydrogen-bond donors (Lipinski definition) is 3. The smallest absolute Gasteiger partial charge is 0.326 e. The Morgan fingerprint density at radius 1 is 1.23 bits per heavy atom. The van der Waals surface area contributed by atoms with Gasteiger partial charge in [-0.15, -0.1) is 11.3 Å². The lowest BCUT2D eigenvalue weighted by atomic mass is 10.1. The molecule has 1 unspecified atom stereocenters. The van der Waals surface area contributed by atoms with E-state index in [0.29, 0.717) is 30.8 Å². The van der Waals surface area contributed by atoms with Gasteiger partial charge in [-0.3, -0.25) is 9.59 Å². The summed E-state index contributed by atoms with van der Waals surface area (Å²) in [6, 6.07) is 8.71. The predicted octanol–water partition coefficient (Wildman–Crippen LogP) is 2.70. The topological polar surface area (TPSA) is 108 Å². The summed E-state index contributed by atoms with van der Waals surface area (Å²) in [5.74, 6) is -1.83. The van der Waals surface area contributed by atoms with Crippen LogP contribution in [0.3, 0.4) is 0 Å². The molecule has 0 aliphatic carbocycles. The number of thiazole rings is 1. The molecule has 0 bridgehead atoms. The van der Waals surface area contributed by atoms with Crippen LogP contribution in [0.25, 0.3) is 0 Å². The van der Waals surface area contributed by atoms with E-state index in [-0.39, 0.29) is 11.6 Å². The van der Waals surface area contributed by atoms with Crippen LogP contribution in [0.15, 0.2) is 35.7 Å². The van der Waals surface area contributed by atoms with Gasteiger partial charge in [-0.05, 0) is 18.4 Å². The van der Waals surface area contributed by atoms with Crippen molar-refractivity contribution < 1.29 is 19.5 Å². The van der Waals surface area contributed by atoms with Crippen molar-refractivity contribution in [1.82, 2.24) is 10.3 Å². The number of anilines is 1. The second kappa shape index (κ2) is 9.67. The first kappa shape index (κ1) is 19.6. The predicted molar refractivity (Wildman–Crippen MR) is 99.3 cm³/mol. The maximum atomic E-state index is 12.1. The largest absolute Gasteiger partial charge is 0.480 e. The summed E-state index contributed by atoms with van der Waals surface area (Å²) in [5.41, 5.74) is 1.16. The van der Waals surface area contributed by atoms with E-state index in [0.717, 1.165) is 16.9 Å². The molecule has 0 fully saturated rings. The van der Waals surface area contributed by atoms with Crippen molar-refractivity contribution in [3.63, 3.8) is 0 Å². The molecular weight excluding hydrogens is 354 g/mol. The molecule has 138 valence electrons. The molecule has 0 aliphatic heterocycles. The number of nitrogens with zero attached hydrogens (tertiary/aromatic N) is 1. The zero-order valence-corrected chi connectivity index (χ0v) is 15.2. The summed E-state index contributed by atoms with van der Waals surface area (Å²) in [4.78, 5) is 39.3. The molecule has 3 N–H and O–H groups in total. The summed E-state index contributed by atoms with van der Waals surface area (Å²) < 4.78 is 0. The number of carboxylic acids is 1. The molecule has 1 atom stereocenters. The van der Waals surface area contributed by atoms with Crippen molar-refractivity contribution in [3.05, 3.63) is 47.0 Å². The number of nitrogens with one attached hydrogen (secondary N) is 2. The lowest BCUT2D eigenvalue weighted by Crippen LogP contribution is -2.40. The molecule has 1 aromatic heterocycles. The number of aromatic nitrogens is 1. The Hall–Kier alpha value is -2.74. The van der Waals surface area contributed by atoms with E-state index in [2.05, 4.69) is 15.6 Å². The first-order chi connectivity index (χ1) is 12.5. The monoisotopic (exact) mass is 375 g/mol. The average Bonchev–Trinajstić information content (AvgIpc) is 3.09. The summed E-state index contributed by atoms with van der Waals surface area (Å²) in [6.07, 6.45) is 1.90. The van der Waals surface area contributed by atoms with E-state index in [1.54, 1.807) is 0 Å². The number of carbonyl (C=O) groups is 3. The van der Waals surface area contributed by atoms with Gasteiger partial charge >= 0.3 is 5.97 Å². The second-order valence-electron chi connectivity index (χ2n) is 5.72. The Bertz CT molecular complexity index is 761. The zero-order chi connectivity index (χ0) is 18.9. The Morgan fingerprint density at radius 3 is 2.62 bits per heavy atom. The first-order valence-corrected chi connectivity index (χ1v) is 9.20. The van der Waals surface area contributed by atoms with Gasteiger partial charge in [0.25, 0.3) is 5.91 Å². The minimum atomic E-state index is -1.08. The zero-order valence-electron chi connectivity index (χ0n) is 14.4. The minimum Gasteiger partial charge on any atom is -0.480 e.